The first kappa shape index (κ1) is 25.1. The first-order chi connectivity index (χ1) is 15.1. The summed E-state index contributed by atoms with van der Waals surface area (Å²) in [6.07, 6.45) is 2.05. The number of nitrogens with zero attached hydrogens (tertiary/aromatic N) is 3. The van der Waals surface area contributed by atoms with E-state index in [-0.39, 0.29) is 18.3 Å². The third-order valence-corrected chi connectivity index (χ3v) is 7.20. The van der Waals surface area contributed by atoms with E-state index in [0.29, 0.717) is 41.2 Å². The largest absolute Gasteiger partial charge is 0.496 e. The van der Waals surface area contributed by atoms with Crippen molar-refractivity contribution in [2.75, 3.05) is 57.7 Å². The number of thiazole rings is 1. The second kappa shape index (κ2) is 11.5. The number of amides is 1. The topological polar surface area (TPSA) is 54.9 Å². The van der Waals surface area contributed by atoms with Crippen LogP contribution in [0.2, 0.25) is 5.02 Å². The molecule has 1 aliphatic heterocycles. The highest BCUT2D eigenvalue weighted by molar-refractivity contribution is 7.98. The number of benzene rings is 2. The number of rotatable bonds is 7. The van der Waals surface area contributed by atoms with E-state index >= 15 is 0 Å². The standard InChI is InChI=1S/C22H24ClN3O3S2.ClH/c1-28-19-6-3-15(23)13-17(19)21(27)26(8-7-25-9-11-29-12-10-25)22-24-18-5-4-16(30-2)14-20(18)31-22;/h3-6,13-14H,7-12H2,1-2H3;1H. The van der Waals surface area contributed by atoms with Gasteiger partial charge in [0, 0.05) is 36.1 Å². The predicted octanol–water partition coefficient (Wildman–Crippen LogP) is 5.08. The van der Waals surface area contributed by atoms with Gasteiger partial charge in [-0.25, -0.2) is 4.98 Å². The van der Waals surface area contributed by atoms with E-state index in [1.807, 2.05) is 12.3 Å². The molecule has 1 amide bonds. The Kier molecular flexibility index (Phi) is 9.04. The Morgan fingerprint density at radius 1 is 1.28 bits per heavy atom. The lowest BCUT2D eigenvalue weighted by atomic mass is 10.1. The zero-order chi connectivity index (χ0) is 21.8. The average Bonchev–Trinajstić information content (AvgIpc) is 3.22. The van der Waals surface area contributed by atoms with Crippen LogP contribution < -0.4 is 9.64 Å². The molecule has 2 heterocycles. The molecule has 1 saturated heterocycles. The number of anilines is 1. The molecule has 32 heavy (non-hydrogen) atoms. The van der Waals surface area contributed by atoms with E-state index in [1.54, 1.807) is 42.0 Å². The Morgan fingerprint density at radius 3 is 2.78 bits per heavy atom. The second-order valence-corrected chi connectivity index (χ2v) is 9.41. The van der Waals surface area contributed by atoms with E-state index in [2.05, 4.69) is 17.0 Å². The monoisotopic (exact) mass is 513 g/mol. The summed E-state index contributed by atoms with van der Waals surface area (Å²) < 4.78 is 11.9. The molecule has 4 rings (SSSR count). The Labute approximate surface area is 207 Å². The van der Waals surface area contributed by atoms with Crippen molar-refractivity contribution in [2.45, 2.75) is 4.90 Å². The van der Waals surface area contributed by atoms with E-state index in [9.17, 15) is 4.79 Å². The summed E-state index contributed by atoms with van der Waals surface area (Å²) in [7, 11) is 1.56. The molecule has 172 valence electrons. The molecule has 1 aromatic heterocycles. The van der Waals surface area contributed by atoms with E-state index in [1.165, 1.54) is 16.2 Å². The molecule has 0 unspecified atom stereocenters. The van der Waals surface area contributed by atoms with Crippen LogP contribution in [0.15, 0.2) is 41.3 Å². The molecule has 0 bridgehead atoms. The molecule has 10 heteroatoms. The van der Waals surface area contributed by atoms with Gasteiger partial charge < -0.3 is 9.47 Å². The highest BCUT2D eigenvalue weighted by Gasteiger charge is 2.25. The van der Waals surface area contributed by atoms with Crippen LogP contribution in [0.3, 0.4) is 0 Å². The molecule has 0 spiro atoms. The summed E-state index contributed by atoms with van der Waals surface area (Å²) >= 11 is 9.42. The number of hydrogen-bond acceptors (Lipinski definition) is 7. The third-order valence-electron chi connectivity index (χ3n) is 5.20. The van der Waals surface area contributed by atoms with Gasteiger partial charge >= 0.3 is 0 Å². The quantitative estimate of drug-likeness (QED) is 0.410. The number of aromatic nitrogens is 1. The first-order valence-electron chi connectivity index (χ1n) is 9.99. The molecule has 1 fully saturated rings. The van der Waals surface area contributed by atoms with E-state index in [4.69, 9.17) is 26.1 Å². The highest BCUT2D eigenvalue weighted by atomic mass is 35.5. The smallest absolute Gasteiger partial charge is 0.263 e. The van der Waals surface area contributed by atoms with Crippen LogP contribution >= 0.6 is 47.1 Å². The molecule has 6 nitrogen and oxygen atoms in total. The Bertz CT molecular complexity index is 1070. The highest BCUT2D eigenvalue weighted by Crippen LogP contribution is 2.33. The molecule has 0 saturated carbocycles. The maximum atomic E-state index is 13.7. The molecule has 0 N–H and O–H groups in total. The summed E-state index contributed by atoms with van der Waals surface area (Å²) in [6.45, 7) is 4.41. The van der Waals surface area contributed by atoms with Gasteiger partial charge in [0.1, 0.15) is 5.75 Å². The van der Waals surface area contributed by atoms with Gasteiger partial charge in [-0.1, -0.05) is 22.9 Å². The molecule has 0 atom stereocenters. The lowest BCUT2D eigenvalue weighted by molar-refractivity contribution is 0.0391. The van der Waals surface area contributed by atoms with Gasteiger partial charge in [0.25, 0.3) is 5.91 Å². The van der Waals surface area contributed by atoms with Crippen LogP contribution in [-0.2, 0) is 4.74 Å². The molecule has 1 aliphatic rings. The fourth-order valence-corrected chi connectivity index (χ4v) is 5.19. The van der Waals surface area contributed by atoms with Crippen molar-refractivity contribution >= 4 is 68.4 Å². The Morgan fingerprint density at radius 2 is 2.06 bits per heavy atom. The Balaban J connectivity index is 0.00000289. The van der Waals surface area contributed by atoms with Gasteiger partial charge in [-0.3, -0.25) is 14.6 Å². The van der Waals surface area contributed by atoms with Crippen molar-refractivity contribution in [3.63, 3.8) is 0 Å². The van der Waals surface area contributed by atoms with Crippen molar-refractivity contribution in [2.24, 2.45) is 0 Å². The SMILES string of the molecule is COc1ccc(Cl)cc1C(=O)N(CCN1CCOCC1)c1nc2ccc(SC)cc2s1.Cl. The number of hydrogen-bond donors (Lipinski definition) is 0. The number of carbonyl (C=O) groups is 1. The van der Waals surface area contributed by atoms with Crippen LogP contribution in [0.25, 0.3) is 10.2 Å². The number of methoxy groups -OCH3 is 1. The maximum Gasteiger partial charge on any atom is 0.263 e. The number of thioether (sulfide) groups is 1. The van der Waals surface area contributed by atoms with Crippen molar-refractivity contribution in [1.29, 1.82) is 0 Å². The molecule has 3 aromatic rings. The normalized spacial score (nSPS) is 14.2. The maximum absolute atomic E-state index is 13.7. The lowest BCUT2D eigenvalue weighted by Crippen LogP contribution is -2.43. The first-order valence-corrected chi connectivity index (χ1v) is 12.4. The van der Waals surface area contributed by atoms with Crippen LogP contribution in [0.1, 0.15) is 10.4 Å². The summed E-state index contributed by atoms with van der Waals surface area (Å²) in [4.78, 5) is 23.6. The third kappa shape index (κ3) is 5.68. The average molecular weight is 515 g/mol. The Hall–Kier alpha value is -1.55. The van der Waals surface area contributed by atoms with Gasteiger partial charge in [-0.15, -0.1) is 24.2 Å². The zero-order valence-electron chi connectivity index (χ0n) is 17.9. The van der Waals surface area contributed by atoms with Crippen molar-refractivity contribution in [1.82, 2.24) is 9.88 Å². The van der Waals surface area contributed by atoms with Crippen LogP contribution in [0, 0.1) is 0 Å². The molecular formula is C22H25Cl2N3O3S2. The summed E-state index contributed by atoms with van der Waals surface area (Å²) in [5.41, 5.74) is 1.32. The molecule has 2 aromatic carbocycles. The minimum absolute atomic E-state index is 0. The van der Waals surface area contributed by atoms with E-state index in [0.717, 1.165) is 29.9 Å². The van der Waals surface area contributed by atoms with Crippen LogP contribution in [-0.4, -0.2) is 68.5 Å². The van der Waals surface area contributed by atoms with Crippen molar-refractivity contribution in [3.8, 4) is 5.75 Å². The minimum Gasteiger partial charge on any atom is -0.496 e. The molecule has 0 radical (unpaired) electrons. The second-order valence-electron chi connectivity index (χ2n) is 7.09. The number of halogens is 2. The van der Waals surface area contributed by atoms with Gasteiger partial charge in [0.15, 0.2) is 5.13 Å². The van der Waals surface area contributed by atoms with Crippen LogP contribution in [0.5, 0.6) is 5.75 Å². The summed E-state index contributed by atoms with van der Waals surface area (Å²) in [5.74, 6) is 0.327. The molecular weight excluding hydrogens is 489 g/mol. The van der Waals surface area contributed by atoms with E-state index < -0.39 is 0 Å². The fraction of sp³-hybridized carbons (Fsp3) is 0.364. The van der Waals surface area contributed by atoms with Gasteiger partial charge in [-0.05, 0) is 42.7 Å². The number of morpholine rings is 1. The number of carbonyl (C=O) groups excluding carboxylic acids is 1. The minimum atomic E-state index is -0.170. The van der Waals surface area contributed by atoms with Crippen molar-refractivity contribution < 1.29 is 14.3 Å². The fourth-order valence-electron chi connectivity index (χ4n) is 3.48. The molecule has 0 aliphatic carbocycles. The zero-order valence-corrected chi connectivity index (χ0v) is 21.1. The number of ether oxygens (including phenoxy) is 2. The van der Waals surface area contributed by atoms with Gasteiger partial charge in [0.2, 0.25) is 0 Å². The predicted molar refractivity (Wildman–Crippen MR) is 136 cm³/mol. The van der Waals surface area contributed by atoms with Crippen molar-refractivity contribution in [3.05, 3.63) is 47.0 Å². The van der Waals surface area contributed by atoms with Crippen LogP contribution in [0.4, 0.5) is 5.13 Å². The lowest BCUT2D eigenvalue weighted by Gasteiger charge is -2.29. The number of fused-ring (bicyclic) bond motifs is 1. The summed E-state index contributed by atoms with van der Waals surface area (Å²) in [5, 5.41) is 1.17. The van der Waals surface area contributed by atoms with Gasteiger partial charge in [0.05, 0.1) is 36.1 Å². The van der Waals surface area contributed by atoms with Gasteiger partial charge in [-0.2, -0.15) is 0 Å². The summed E-state index contributed by atoms with van der Waals surface area (Å²) in [6, 6.07) is 11.3.